The minimum atomic E-state index is -0.458. The number of aryl methyl sites for hydroxylation is 1. The molecule has 1 heterocycles. The monoisotopic (exact) mass is 383 g/mol. The van der Waals surface area contributed by atoms with Crippen molar-refractivity contribution < 1.29 is 9.53 Å². The zero-order valence-electron chi connectivity index (χ0n) is 14.9. The number of hydrogen-bond donors (Lipinski definition) is 2. The lowest BCUT2D eigenvalue weighted by molar-refractivity contribution is 0.0601. The number of carbonyl (C=O) groups is 1. The van der Waals surface area contributed by atoms with E-state index in [2.05, 4.69) is 32.7 Å². The summed E-state index contributed by atoms with van der Waals surface area (Å²) in [5.41, 5.74) is 2.97. The van der Waals surface area contributed by atoms with Crippen molar-refractivity contribution in [2.24, 2.45) is 0 Å². The lowest BCUT2D eigenvalue weighted by Gasteiger charge is -2.11. The van der Waals surface area contributed by atoms with Crippen molar-refractivity contribution in [3.8, 4) is 0 Å². The molecule has 138 valence electrons. The standard InChI is InChI=1S/C19H18ClN5O2/c1-3-12-6-4-5-7-15(12)22-17-11-21-25-19(24-17)23-16-10-13(18(26)27-2)8-9-14(16)20/h4-11H,3H2,1-2H3,(H2,22,23,24,25). The van der Waals surface area contributed by atoms with Crippen molar-refractivity contribution in [3.63, 3.8) is 0 Å². The maximum absolute atomic E-state index is 11.7. The molecule has 1 aromatic heterocycles. The van der Waals surface area contributed by atoms with Gasteiger partial charge in [-0.1, -0.05) is 36.7 Å². The molecule has 0 fully saturated rings. The highest BCUT2D eigenvalue weighted by Crippen LogP contribution is 2.26. The summed E-state index contributed by atoms with van der Waals surface area (Å²) < 4.78 is 4.73. The minimum Gasteiger partial charge on any atom is -0.465 e. The van der Waals surface area contributed by atoms with E-state index in [1.54, 1.807) is 18.2 Å². The summed E-state index contributed by atoms with van der Waals surface area (Å²) in [6.45, 7) is 2.09. The fourth-order valence-corrected chi connectivity index (χ4v) is 2.66. The number of nitrogens with zero attached hydrogens (tertiary/aromatic N) is 3. The summed E-state index contributed by atoms with van der Waals surface area (Å²) in [5.74, 6) is 0.326. The smallest absolute Gasteiger partial charge is 0.337 e. The number of esters is 1. The number of nitrogens with one attached hydrogen (secondary N) is 2. The lowest BCUT2D eigenvalue weighted by Crippen LogP contribution is -2.05. The van der Waals surface area contributed by atoms with Crippen LogP contribution in [0.15, 0.2) is 48.7 Å². The molecule has 0 bridgehead atoms. The number of benzene rings is 2. The Morgan fingerprint density at radius 3 is 2.74 bits per heavy atom. The number of para-hydroxylation sites is 1. The van der Waals surface area contributed by atoms with Crippen molar-refractivity contribution in [1.82, 2.24) is 15.2 Å². The summed E-state index contributed by atoms with van der Waals surface area (Å²) >= 11 is 6.20. The number of hydrogen-bond acceptors (Lipinski definition) is 7. The van der Waals surface area contributed by atoms with Gasteiger partial charge in [-0.15, -0.1) is 5.10 Å². The third-order valence-electron chi connectivity index (χ3n) is 3.85. The van der Waals surface area contributed by atoms with E-state index < -0.39 is 5.97 Å². The maximum Gasteiger partial charge on any atom is 0.337 e. The van der Waals surface area contributed by atoms with Gasteiger partial charge in [-0.25, -0.2) is 4.79 Å². The predicted octanol–water partition coefficient (Wildman–Crippen LogP) is 4.36. The van der Waals surface area contributed by atoms with Gasteiger partial charge in [0.1, 0.15) is 0 Å². The Kier molecular flexibility index (Phi) is 5.83. The van der Waals surface area contributed by atoms with Gasteiger partial charge in [-0.3, -0.25) is 0 Å². The second-order valence-electron chi connectivity index (χ2n) is 5.61. The predicted molar refractivity (Wildman–Crippen MR) is 105 cm³/mol. The Morgan fingerprint density at radius 1 is 1.15 bits per heavy atom. The number of carbonyl (C=O) groups excluding carboxylic acids is 1. The highest BCUT2D eigenvalue weighted by molar-refractivity contribution is 6.33. The first kappa shape index (κ1) is 18.6. The fourth-order valence-electron chi connectivity index (χ4n) is 2.49. The van der Waals surface area contributed by atoms with E-state index in [-0.39, 0.29) is 5.95 Å². The van der Waals surface area contributed by atoms with Crippen LogP contribution in [-0.4, -0.2) is 28.3 Å². The Morgan fingerprint density at radius 2 is 1.96 bits per heavy atom. The first-order valence-electron chi connectivity index (χ1n) is 8.30. The van der Waals surface area contributed by atoms with Gasteiger partial charge in [-0.05, 0) is 36.2 Å². The quantitative estimate of drug-likeness (QED) is 0.611. The molecule has 0 unspecified atom stereocenters. The topological polar surface area (TPSA) is 89.0 Å². The van der Waals surface area contributed by atoms with Crippen LogP contribution < -0.4 is 10.6 Å². The third-order valence-corrected chi connectivity index (χ3v) is 4.18. The molecule has 0 radical (unpaired) electrons. The maximum atomic E-state index is 11.7. The van der Waals surface area contributed by atoms with Gasteiger partial charge in [-0.2, -0.15) is 10.1 Å². The van der Waals surface area contributed by atoms with Crippen LogP contribution in [0.2, 0.25) is 5.02 Å². The SMILES string of the molecule is CCc1ccccc1Nc1cnnc(Nc2cc(C(=O)OC)ccc2Cl)n1. The van der Waals surface area contributed by atoms with Crippen LogP contribution in [0.3, 0.4) is 0 Å². The van der Waals surface area contributed by atoms with Gasteiger partial charge in [0.2, 0.25) is 5.95 Å². The largest absolute Gasteiger partial charge is 0.465 e. The van der Waals surface area contributed by atoms with Gasteiger partial charge in [0.05, 0.1) is 29.6 Å². The molecule has 8 heteroatoms. The normalized spacial score (nSPS) is 10.3. The van der Waals surface area contributed by atoms with Crippen LogP contribution >= 0.6 is 11.6 Å². The lowest BCUT2D eigenvalue weighted by atomic mass is 10.1. The molecule has 0 aliphatic rings. The van der Waals surface area contributed by atoms with E-state index in [9.17, 15) is 4.79 Å². The molecule has 0 atom stereocenters. The molecule has 27 heavy (non-hydrogen) atoms. The van der Waals surface area contributed by atoms with E-state index in [1.165, 1.54) is 18.9 Å². The second-order valence-corrected chi connectivity index (χ2v) is 6.02. The molecule has 3 aromatic rings. The van der Waals surface area contributed by atoms with Crippen molar-refractivity contribution in [3.05, 3.63) is 64.8 Å². The molecular formula is C19H18ClN5O2. The van der Waals surface area contributed by atoms with Crippen molar-refractivity contribution in [2.45, 2.75) is 13.3 Å². The van der Waals surface area contributed by atoms with E-state index in [0.29, 0.717) is 22.1 Å². The zero-order valence-corrected chi connectivity index (χ0v) is 15.6. The molecule has 0 aliphatic carbocycles. The Hall–Kier alpha value is -3.19. The number of ether oxygens (including phenoxy) is 1. The van der Waals surface area contributed by atoms with Crippen molar-refractivity contribution in [1.29, 1.82) is 0 Å². The van der Waals surface area contributed by atoms with Crippen LogP contribution in [-0.2, 0) is 11.2 Å². The molecule has 2 N–H and O–H groups in total. The highest BCUT2D eigenvalue weighted by atomic mass is 35.5. The van der Waals surface area contributed by atoms with Gasteiger partial charge in [0.25, 0.3) is 0 Å². The first-order valence-corrected chi connectivity index (χ1v) is 8.68. The summed E-state index contributed by atoms with van der Waals surface area (Å²) in [6, 6.07) is 12.7. The molecule has 7 nitrogen and oxygen atoms in total. The van der Waals surface area contributed by atoms with Crippen molar-refractivity contribution >= 4 is 40.7 Å². The molecular weight excluding hydrogens is 366 g/mol. The third kappa shape index (κ3) is 4.51. The van der Waals surface area contributed by atoms with E-state index in [1.807, 2.05) is 24.3 Å². The molecule has 0 saturated carbocycles. The Labute approximate surface area is 161 Å². The summed E-state index contributed by atoms with van der Waals surface area (Å²) in [6.07, 6.45) is 2.42. The van der Waals surface area contributed by atoms with E-state index in [4.69, 9.17) is 16.3 Å². The van der Waals surface area contributed by atoms with Gasteiger partial charge in [0.15, 0.2) is 5.82 Å². The molecule has 0 saturated heterocycles. The summed E-state index contributed by atoms with van der Waals surface area (Å²) in [5, 5.41) is 14.6. The molecule has 2 aromatic carbocycles. The zero-order chi connectivity index (χ0) is 19.2. The van der Waals surface area contributed by atoms with E-state index in [0.717, 1.165) is 12.1 Å². The molecule has 0 spiro atoms. The van der Waals surface area contributed by atoms with Gasteiger partial charge >= 0.3 is 5.97 Å². The summed E-state index contributed by atoms with van der Waals surface area (Å²) in [4.78, 5) is 16.1. The molecule has 3 rings (SSSR count). The number of halogens is 1. The van der Waals surface area contributed by atoms with Crippen LogP contribution in [0.4, 0.5) is 23.1 Å². The second kappa shape index (κ2) is 8.46. The highest BCUT2D eigenvalue weighted by Gasteiger charge is 2.11. The van der Waals surface area contributed by atoms with Crippen LogP contribution in [0.1, 0.15) is 22.8 Å². The number of aromatic nitrogens is 3. The van der Waals surface area contributed by atoms with Gasteiger partial charge in [0, 0.05) is 5.69 Å². The van der Waals surface area contributed by atoms with Crippen molar-refractivity contribution in [2.75, 3.05) is 17.7 Å². The van der Waals surface area contributed by atoms with Crippen LogP contribution in [0.25, 0.3) is 0 Å². The van der Waals surface area contributed by atoms with Gasteiger partial charge < -0.3 is 15.4 Å². The molecule has 0 amide bonds. The number of rotatable bonds is 6. The Bertz CT molecular complexity index is 964. The average Bonchev–Trinajstić information content (AvgIpc) is 2.70. The summed E-state index contributed by atoms with van der Waals surface area (Å²) in [7, 11) is 1.32. The van der Waals surface area contributed by atoms with E-state index >= 15 is 0 Å². The average molecular weight is 384 g/mol. The Balaban J connectivity index is 1.83. The molecule has 0 aliphatic heterocycles. The first-order chi connectivity index (χ1) is 13.1. The number of anilines is 4. The fraction of sp³-hybridized carbons (Fsp3) is 0.158. The van der Waals surface area contributed by atoms with Crippen LogP contribution in [0.5, 0.6) is 0 Å². The van der Waals surface area contributed by atoms with Crippen LogP contribution in [0, 0.1) is 0 Å². The minimum absolute atomic E-state index is 0.248. The number of methoxy groups -OCH3 is 1.